The summed E-state index contributed by atoms with van der Waals surface area (Å²) in [4.78, 5) is 4.95. The largest absolute Gasteiger partial charge is 0.329 e. The molecule has 0 radical (unpaired) electrons. The van der Waals surface area contributed by atoms with Crippen LogP contribution in [0.25, 0.3) is 0 Å². The molecule has 1 aliphatic heterocycles. The molecule has 0 saturated carbocycles. The highest BCUT2D eigenvalue weighted by Crippen LogP contribution is 2.29. The second kappa shape index (κ2) is 7.10. The van der Waals surface area contributed by atoms with Crippen LogP contribution in [0.15, 0.2) is 18.2 Å². The van der Waals surface area contributed by atoms with E-state index in [0.29, 0.717) is 22.6 Å². The highest BCUT2D eigenvalue weighted by Gasteiger charge is 2.29. The zero-order valence-electron chi connectivity index (χ0n) is 12.1. The minimum absolute atomic E-state index is 0.207. The zero-order chi connectivity index (χ0) is 14.7. The second-order valence-corrected chi connectivity index (χ2v) is 6.22. The molecule has 2 rings (SSSR count). The fourth-order valence-corrected chi connectivity index (χ4v) is 3.29. The lowest BCUT2D eigenvalue weighted by molar-refractivity contribution is 0.0536. The van der Waals surface area contributed by atoms with E-state index in [9.17, 15) is 0 Å². The molecule has 1 fully saturated rings. The van der Waals surface area contributed by atoms with Crippen molar-refractivity contribution in [1.82, 2.24) is 9.80 Å². The van der Waals surface area contributed by atoms with Crippen LogP contribution in [0.3, 0.4) is 0 Å². The van der Waals surface area contributed by atoms with E-state index >= 15 is 0 Å². The fraction of sp³-hybridized carbons (Fsp3) is 0.600. The molecule has 1 aromatic carbocycles. The van der Waals surface area contributed by atoms with Gasteiger partial charge in [0.05, 0.1) is 10.0 Å². The summed E-state index contributed by atoms with van der Waals surface area (Å²) in [6.07, 6.45) is 0. The van der Waals surface area contributed by atoms with Crippen molar-refractivity contribution in [2.24, 2.45) is 5.73 Å². The maximum absolute atomic E-state index is 6.14. The van der Waals surface area contributed by atoms with E-state index < -0.39 is 0 Å². The van der Waals surface area contributed by atoms with Crippen molar-refractivity contribution in [3.05, 3.63) is 33.8 Å². The monoisotopic (exact) mass is 315 g/mol. The van der Waals surface area contributed by atoms with Gasteiger partial charge in [0, 0.05) is 38.3 Å². The van der Waals surface area contributed by atoms with E-state index in [1.165, 1.54) is 0 Å². The Balaban J connectivity index is 2.17. The number of hydrogen-bond acceptors (Lipinski definition) is 3. The Morgan fingerprint density at radius 2 is 2.05 bits per heavy atom. The van der Waals surface area contributed by atoms with Gasteiger partial charge in [0.2, 0.25) is 0 Å². The molecule has 1 heterocycles. The molecule has 0 amide bonds. The number of likely N-dealkylation sites (N-methyl/N-ethyl adjacent to an activating group) is 1. The van der Waals surface area contributed by atoms with Crippen LogP contribution in [0.1, 0.15) is 25.5 Å². The summed E-state index contributed by atoms with van der Waals surface area (Å²) < 4.78 is 0. The number of halogens is 2. The summed E-state index contributed by atoms with van der Waals surface area (Å²) in [5.41, 5.74) is 7.17. The topological polar surface area (TPSA) is 32.5 Å². The quantitative estimate of drug-likeness (QED) is 0.927. The average molecular weight is 316 g/mol. The molecule has 1 aliphatic rings. The molecule has 2 atom stereocenters. The molecule has 20 heavy (non-hydrogen) atoms. The van der Waals surface area contributed by atoms with E-state index in [1.54, 1.807) is 0 Å². The minimum Gasteiger partial charge on any atom is -0.329 e. The standard InChI is InChI=1S/C15H23Cl2N3/c1-3-19-6-7-20(11(2)10-19)15(9-18)12-4-5-13(16)14(17)8-12/h4-5,8,11,15H,3,6-7,9-10,18H2,1-2H3. The number of rotatable bonds is 4. The molecule has 5 heteroatoms. The van der Waals surface area contributed by atoms with E-state index in [1.807, 2.05) is 18.2 Å². The van der Waals surface area contributed by atoms with Gasteiger partial charge in [-0.3, -0.25) is 4.90 Å². The molecular formula is C15H23Cl2N3. The Labute approximate surface area is 131 Å². The number of piperazine rings is 1. The van der Waals surface area contributed by atoms with Gasteiger partial charge in [0.25, 0.3) is 0 Å². The fourth-order valence-electron chi connectivity index (χ4n) is 2.98. The van der Waals surface area contributed by atoms with Crippen molar-refractivity contribution in [3.8, 4) is 0 Å². The summed E-state index contributed by atoms with van der Waals surface area (Å²) in [6, 6.07) is 6.53. The highest BCUT2D eigenvalue weighted by molar-refractivity contribution is 6.42. The molecule has 0 aliphatic carbocycles. The molecule has 112 valence electrons. The van der Waals surface area contributed by atoms with Gasteiger partial charge in [-0.05, 0) is 31.2 Å². The smallest absolute Gasteiger partial charge is 0.0595 e. The first-order chi connectivity index (χ1) is 9.56. The Hall–Kier alpha value is -0.320. The average Bonchev–Trinajstić information content (AvgIpc) is 2.45. The lowest BCUT2D eigenvalue weighted by Gasteiger charge is -2.43. The lowest BCUT2D eigenvalue weighted by Crippen LogP contribution is -2.53. The van der Waals surface area contributed by atoms with Gasteiger partial charge in [-0.25, -0.2) is 0 Å². The number of benzene rings is 1. The van der Waals surface area contributed by atoms with Crippen LogP contribution < -0.4 is 5.73 Å². The van der Waals surface area contributed by atoms with Gasteiger partial charge < -0.3 is 10.6 Å². The summed E-state index contributed by atoms with van der Waals surface area (Å²) in [7, 11) is 0. The van der Waals surface area contributed by atoms with Gasteiger partial charge in [-0.2, -0.15) is 0 Å². The Morgan fingerprint density at radius 1 is 1.30 bits per heavy atom. The Kier molecular flexibility index (Phi) is 5.70. The predicted octanol–water partition coefficient (Wildman–Crippen LogP) is 3.02. The number of nitrogens with two attached hydrogens (primary N) is 1. The number of hydrogen-bond donors (Lipinski definition) is 1. The first-order valence-corrected chi connectivity index (χ1v) is 7.95. The first-order valence-electron chi connectivity index (χ1n) is 7.20. The third-order valence-corrected chi connectivity index (χ3v) is 4.90. The summed E-state index contributed by atoms with van der Waals surface area (Å²) in [5.74, 6) is 0. The van der Waals surface area contributed by atoms with Gasteiger partial charge in [0.15, 0.2) is 0 Å². The van der Waals surface area contributed by atoms with Crippen LogP contribution in [0, 0.1) is 0 Å². The van der Waals surface area contributed by atoms with Crippen molar-refractivity contribution >= 4 is 23.2 Å². The molecule has 3 nitrogen and oxygen atoms in total. The third kappa shape index (κ3) is 3.46. The number of nitrogens with zero attached hydrogens (tertiary/aromatic N) is 2. The van der Waals surface area contributed by atoms with Gasteiger partial charge in [0.1, 0.15) is 0 Å². The van der Waals surface area contributed by atoms with Gasteiger partial charge in [-0.1, -0.05) is 36.2 Å². The highest BCUT2D eigenvalue weighted by atomic mass is 35.5. The van der Waals surface area contributed by atoms with Crippen molar-refractivity contribution in [3.63, 3.8) is 0 Å². The lowest BCUT2D eigenvalue weighted by atomic mass is 10.0. The zero-order valence-corrected chi connectivity index (χ0v) is 13.7. The summed E-state index contributed by atoms with van der Waals surface area (Å²) >= 11 is 12.1. The molecule has 0 spiro atoms. The van der Waals surface area contributed by atoms with E-state index in [2.05, 4.69) is 23.6 Å². The Morgan fingerprint density at radius 3 is 2.60 bits per heavy atom. The van der Waals surface area contributed by atoms with Crippen LogP contribution in [-0.2, 0) is 0 Å². The molecule has 0 aromatic heterocycles. The third-order valence-electron chi connectivity index (χ3n) is 4.16. The molecule has 1 aromatic rings. The van der Waals surface area contributed by atoms with Crippen molar-refractivity contribution in [1.29, 1.82) is 0 Å². The molecule has 1 saturated heterocycles. The minimum atomic E-state index is 0.207. The summed E-state index contributed by atoms with van der Waals surface area (Å²) in [6.45, 7) is 9.40. The van der Waals surface area contributed by atoms with Crippen molar-refractivity contribution < 1.29 is 0 Å². The van der Waals surface area contributed by atoms with E-state index in [0.717, 1.165) is 31.7 Å². The SMILES string of the molecule is CCN1CCN(C(CN)c2ccc(Cl)c(Cl)c2)C(C)C1. The molecule has 0 bridgehead atoms. The molecule has 2 N–H and O–H groups in total. The normalized spacial score (nSPS) is 22.9. The van der Waals surface area contributed by atoms with Gasteiger partial charge >= 0.3 is 0 Å². The van der Waals surface area contributed by atoms with Gasteiger partial charge in [-0.15, -0.1) is 0 Å². The second-order valence-electron chi connectivity index (χ2n) is 5.41. The van der Waals surface area contributed by atoms with Crippen molar-refractivity contribution in [2.75, 3.05) is 32.7 Å². The van der Waals surface area contributed by atoms with Crippen molar-refractivity contribution in [2.45, 2.75) is 25.9 Å². The van der Waals surface area contributed by atoms with E-state index in [4.69, 9.17) is 28.9 Å². The Bertz CT molecular complexity index is 453. The van der Waals surface area contributed by atoms with Crippen LogP contribution in [0.5, 0.6) is 0 Å². The summed E-state index contributed by atoms with van der Waals surface area (Å²) in [5, 5.41) is 1.19. The van der Waals surface area contributed by atoms with Crippen LogP contribution in [0.4, 0.5) is 0 Å². The van der Waals surface area contributed by atoms with Crippen LogP contribution in [0.2, 0.25) is 10.0 Å². The van der Waals surface area contributed by atoms with Crippen LogP contribution in [-0.4, -0.2) is 48.6 Å². The first kappa shape index (κ1) is 16.1. The maximum atomic E-state index is 6.14. The van der Waals surface area contributed by atoms with E-state index in [-0.39, 0.29) is 6.04 Å². The maximum Gasteiger partial charge on any atom is 0.0595 e. The molecular weight excluding hydrogens is 293 g/mol. The molecule has 2 unspecified atom stereocenters. The van der Waals surface area contributed by atoms with Crippen LogP contribution >= 0.6 is 23.2 Å². The predicted molar refractivity (Wildman–Crippen MR) is 86.5 cm³/mol.